The lowest BCUT2D eigenvalue weighted by Gasteiger charge is -2.23. The third-order valence-corrected chi connectivity index (χ3v) is 6.03. The van der Waals surface area contributed by atoms with Crippen molar-refractivity contribution >= 4 is 41.3 Å². The van der Waals surface area contributed by atoms with E-state index in [1.165, 1.54) is 12.1 Å². The fourth-order valence-corrected chi connectivity index (χ4v) is 3.97. The Morgan fingerprint density at radius 2 is 1.43 bits per heavy atom. The molecular weight excluding hydrogens is 467 g/mol. The van der Waals surface area contributed by atoms with Gasteiger partial charge in [-0.2, -0.15) is 0 Å². The number of amides is 2. The summed E-state index contributed by atoms with van der Waals surface area (Å²) in [5.74, 6) is -1.45. The van der Waals surface area contributed by atoms with Gasteiger partial charge >= 0.3 is 0 Å². The minimum absolute atomic E-state index is 0. The van der Waals surface area contributed by atoms with Crippen molar-refractivity contribution in [1.29, 1.82) is 0 Å². The summed E-state index contributed by atoms with van der Waals surface area (Å²) in [6.45, 7) is 5.90. The maximum absolute atomic E-state index is 14.6. The van der Waals surface area contributed by atoms with E-state index >= 15 is 0 Å². The normalized spacial score (nSPS) is 14.0. The minimum Gasteiger partial charge on any atom is -0.370 e. The summed E-state index contributed by atoms with van der Waals surface area (Å²) in [5, 5.41) is 5.33. The molecule has 184 valence electrons. The Balaban J connectivity index is 0.00000342. The number of nitrogens with zero attached hydrogens (tertiary/aromatic N) is 2. The second kappa shape index (κ2) is 11.8. The van der Waals surface area contributed by atoms with Gasteiger partial charge in [-0.25, -0.2) is 4.39 Å². The van der Waals surface area contributed by atoms with E-state index in [0.717, 1.165) is 43.9 Å². The van der Waals surface area contributed by atoms with Crippen LogP contribution in [0.5, 0.6) is 0 Å². The van der Waals surface area contributed by atoms with E-state index in [2.05, 4.69) is 27.5 Å². The minimum atomic E-state index is -0.625. The van der Waals surface area contributed by atoms with Crippen molar-refractivity contribution in [2.75, 3.05) is 48.8 Å². The van der Waals surface area contributed by atoms with Gasteiger partial charge in [-0.1, -0.05) is 23.8 Å². The van der Waals surface area contributed by atoms with Gasteiger partial charge in [0.2, 0.25) is 0 Å². The first kappa shape index (κ1) is 26.2. The van der Waals surface area contributed by atoms with E-state index in [0.29, 0.717) is 11.1 Å². The van der Waals surface area contributed by atoms with Gasteiger partial charge in [0.1, 0.15) is 11.5 Å². The highest BCUT2D eigenvalue weighted by Gasteiger charge is 2.17. The Bertz CT molecular complexity index is 1170. The molecule has 3 aromatic rings. The first-order chi connectivity index (χ1) is 16.4. The van der Waals surface area contributed by atoms with Crippen molar-refractivity contribution in [2.45, 2.75) is 13.3 Å². The number of benzene rings is 3. The molecule has 8 heteroatoms. The molecule has 35 heavy (non-hydrogen) atoms. The van der Waals surface area contributed by atoms with E-state index in [1.807, 2.05) is 31.2 Å². The monoisotopic (exact) mass is 496 g/mol. The van der Waals surface area contributed by atoms with E-state index < -0.39 is 11.7 Å². The molecule has 0 aliphatic carbocycles. The molecule has 0 radical (unpaired) electrons. The van der Waals surface area contributed by atoms with Crippen molar-refractivity contribution < 1.29 is 14.0 Å². The highest BCUT2D eigenvalue weighted by atomic mass is 35.5. The second-order valence-electron chi connectivity index (χ2n) is 8.63. The SMILES string of the molecule is Cc1ccc(C(=O)Nc2cccc(F)c2NC(=O)c2ccc(N3CCCN(C)CC3)cc2)cc1.Cl. The number of likely N-dealkylation sites (N-methyl/N-ethyl adjacent to an activating group) is 1. The summed E-state index contributed by atoms with van der Waals surface area (Å²) < 4.78 is 14.6. The average Bonchev–Trinajstić information content (AvgIpc) is 3.06. The van der Waals surface area contributed by atoms with E-state index in [-0.39, 0.29) is 29.7 Å². The highest BCUT2D eigenvalue weighted by molar-refractivity contribution is 6.10. The number of anilines is 3. The van der Waals surface area contributed by atoms with Crippen LogP contribution in [0.2, 0.25) is 0 Å². The van der Waals surface area contributed by atoms with Crippen LogP contribution in [0.3, 0.4) is 0 Å². The molecule has 1 fully saturated rings. The number of nitrogens with one attached hydrogen (secondary N) is 2. The summed E-state index contributed by atoms with van der Waals surface area (Å²) >= 11 is 0. The molecule has 1 saturated heterocycles. The van der Waals surface area contributed by atoms with Crippen LogP contribution in [0, 0.1) is 12.7 Å². The number of halogens is 2. The predicted molar refractivity (Wildman–Crippen MR) is 142 cm³/mol. The zero-order valence-corrected chi connectivity index (χ0v) is 20.7. The van der Waals surface area contributed by atoms with Gasteiger partial charge in [-0.05, 0) is 75.5 Å². The lowest BCUT2D eigenvalue weighted by molar-refractivity contribution is 0.101. The van der Waals surface area contributed by atoms with Crippen LogP contribution >= 0.6 is 12.4 Å². The molecule has 3 aromatic carbocycles. The van der Waals surface area contributed by atoms with Crippen LogP contribution in [0.1, 0.15) is 32.7 Å². The van der Waals surface area contributed by atoms with E-state index in [1.54, 1.807) is 30.3 Å². The topological polar surface area (TPSA) is 64.7 Å². The summed E-state index contributed by atoms with van der Waals surface area (Å²) in [6.07, 6.45) is 1.09. The number of aryl methyl sites for hydroxylation is 1. The number of hydrogen-bond acceptors (Lipinski definition) is 4. The lowest BCUT2D eigenvalue weighted by atomic mass is 10.1. The molecule has 0 unspecified atom stereocenters. The predicted octanol–water partition coefficient (Wildman–Crippen LogP) is 5.20. The maximum atomic E-state index is 14.6. The molecule has 0 bridgehead atoms. The molecule has 1 aliphatic heterocycles. The Labute approximate surface area is 211 Å². The largest absolute Gasteiger partial charge is 0.370 e. The molecule has 2 amide bonds. The van der Waals surface area contributed by atoms with Crippen LogP contribution in [0.15, 0.2) is 66.7 Å². The number of hydrogen-bond donors (Lipinski definition) is 2. The summed E-state index contributed by atoms with van der Waals surface area (Å²) in [6, 6.07) is 18.7. The first-order valence-electron chi connectivity index (χ1n) is 11.4. The summed E-state index contributed by atoms with van der Waals surface area (Å²) in [7, 11) is 2.12. The molecule has 1 heterocycles. The number of carbonyl (C=O) groups is 2. The van der Waals surface area contributed by atoms with Gasteiger partial charge in [0.15, 0.2) is 0 Å². The first-order valence-corrected chi connectivity index (χ1v) is 11.4. The smallest absolute Gasteiger partial charge is 0.255 e. The lowest BCUT2D eigenvalue weighted by Crippen LogP contribution is -2.28. The van der Waals surface area contributed by atoms with Crippen LogP contribution in [-0.4, -0.2) is 49.9 Å². The fourth-order valence-electron chi connectivity index (χ4n) is 3.97. The van der Waals surface area contributed by atoms with Crippen molar-refractivity contribution in [2.24, 2.45) is 0 Å². The van der Waals surface area contributed by atoms with Crippen molar-refractivity contribution in [3.05, 3.63) is 89.2 Å². The third-order valence-electron chi connectivity index (χ3n) is 6.03. The molecule has 6 nitrogen and oxygen atoms in total. The van der Waals surface area contributed by atoms with Crippen molar-refractivity contribution in [1.82, 2.24) is 4.90 Å². The Hall–Kier alpha value is -3.42. The van der Waals surface area contributed by atoms with Gasteiger partial charge in [0.25, 0.3) is 11.8 Å². The van der Waals surface area contributed by atoms with E-state index in [9.17, 15) is 14.0 Å². The van der Waals surface area contributed by atoms with Crippen molar-refractivity contribution in [3.8, 4) is 0 Å². The highest BCUT2D eigenvalue weighted by Crippen LogP contribution is 2.27. The van der Waals surface area contributed by atoms with Crippen LogP contribution < -0.4 is 15.5 Å². The summed E-state index contributed by atoms with van der Waals surface area (Å²) in [5.41, 5.74) is 3.09. The molecule has 4 rings (SSSR count). The average molecular weight is 497 g/mol. The molecule has 0 spiro atoms. The van der Waals surface area contributed by atoms with Gasteiger partial charge < -0.3 is 20.4 Å². The Morgan fingerprint density at radius 3 is 2.11 bits per heavy atom. The maximum Gasteiger partial charge on any atom is 0.255 e. The van der Waals surface area contributed by atoms with Gasteiger partial charge in [0.05, 0.1) is 5.69 Å². The fraction of sp³-hybridized carbons (Fsp3) is 0.259. The Morgan fingerprint density at radius 1 is 0.800 bits per heavy atom. The summed E-state index contributed by atoms with van der Waals surface area (Å²) in [4.78, 5) is 30.1. The molecular formula is C27H30ClFN4O2. The van der Waals surface area contributed by atoms with Gasteiger partial charge in [-0.15, -0.1) is 12.4 Å². The zero-order valence-electron chi connectivity index (χ0n) is 19.9. The number of carbonyl (C=O) groups excluding carboxylic acids is 2. The van der Waals surface area contributed by atoms with Crippen LogP contribution in [0.4, 0.5) is 21.5 Å². The van der Waals surface area contributed by atoms with Crippen LogP contribution in [-0.2, 0) is 0 Å². The van der Waals surface area contributed by atoms with Crippen LogP contribution in [0.25, 0.3) is 0 Å². The Kier molecular flexibility index (Phi) is 8.84. The van der Waals surface area contributed by atoms with E-state index in [4.69, 9.17) is 0 Å². The standard InChI is InChI=1S/C27H29FN4O2.ClH/c1-19-7-9-20(10-8-19)26(33)29-24-6-3-5-23(28)25(24)30-27(34)21-11-13-22(14-12-21)32-16-4-15-31(2)17-18-32;/h3,5-14H,4,15-18H2,1-2H3,(H,29,33)(H,30,34);1H. The molecule has 0 aromatic heterocycles. The second-order valence-corrected chi connectivity index (χ2v) is 8.63. The molecule has 0 atom stereocenters. The quantitative estimate of drug-likeness (QED) is 0.509. The molecule has 0 saturated carbocycles. The third kappa shape index (κ3) is 6.59. The van der Waals surface area contributed by atoms with Gasteiger partial charge in [-0.3, -0.25) is 9.59 Å². The molecule has 2 N–H and O–H groups in total. The zero-order chi connectivity index (χ0) is 24.1. The molecule has 1 aliphatic rings. The van der Waals surface area contributed by atoms with Crippen molar-refractivity contribution in [3.63, 3.8) is 0 Å². The number of para-hydroxylation sites is 1. The number of rotatable bonds is 5. The van der Waals surface area contributed by atoms with Gasteiger partial charge in [0, 0.05) is 36.4 Å².